The second-order valence-electron chi connectivity index (χ2n) is 8.23. The summed E-state index contributed by atoms with van der Waals surface area (Å²) in [5.41, 5.74) is 3.95. The van der Waals surface area contributed by atoms with Gasteiger partial charge in [-0.3, -0.25) is 19.7 Å². The number of hydrogen-bond acceptors (Lipinski definition) is 7. The summed E-state index contributed by atoms with van der Waals surface area (Å²) in [5.74, 6) is -1.03. The zero-order chi connectivity index (χ0) is 23.4. The molecule has 2 heterocycles. The first-order valence-corrected chi connectivity index (χ1v) is 12.3. The molecule has 32 heavy (non-hydrogen) atoms. The summed E-state index contributed by atoms with van der Waals surface area (Å²) >= 11 is 0. The number of aryl methyl sites for hydroxylation is 1. The molecule has 2 N–H and O–H groups in total. The highest BCUT2D eigenvalue weighted by Gasteiger charge is 2.43. The Labute approximate surface area is 187 Å². The first-order valence-electron chi connectivity index (χ1n) is 10.4. The summed E-state index contributed by atoms with van der Waals surface area (Å²) in [7, 11) is -3.82. The predicted octanol–water partition coefficient (Wildman–Crippen LogP) is 1.05. The third kappa shape index (κ3) is 5.44. The van der Waals surface area contributed by atoms with Crippen LogP contribution in [0.1, 0.15) is 18.9 Å². The van der Waals surface area contributed by atoms with Crippen LogP contribution in [0.2, 0.25) is 0 Å². The second kappa shape index (κ2) is 9.95. The molecule has 0 saturated carbocycles. The number of nitrogens with zero attached hydrogens (tertiary/aromatic N) is 2. The van der Waals surface area contributed by atoms with E-state index in [9.17, 15) is 18.0 Å². The summed E-state index contributed by atoms with van der Waals surface area (Å²) in [5, 5.41) is 8.92. The molecule has 10 heteroatoms. The maximum atomic E-state index is 12.6. The highest BCUT2D eigenvalue weighted by atomic mass is 32.2. The molecule has 1 aliphatic rings. The van der Waals surface area contributed by atoms with E-state index >= 15 is 0 Å². The second-order valence-corrected chi connectivity index (χ2v) is 10.7. The molecule has 3 rings (SSSR count). The molecular formula is C22H29N3O6S. The van der Waals surface area contributed by atoms with E-state index in [0.717, 1.165) is 50.2 Å². The van der Waals surface area contributed by atoms with E-state index in [2.05, 4.69) is 4.90 Å². The van der Waals surface area contributed by atoms with Crippen LogP contribution in [0.5, 0.6) is 0 Å². The minimum Gasteiger partial charge on any atom is -0.379 e. The standard InChI is InChI=1S/C22H29N3O6S/c1-22(21(27)23-28,32(2,29)30)8-10-25-9-7-19(15-20(25)26)18-5-3-17(4-6-18)16-24-11-13-31-14-12-24/h3-7,9,15,28H,8,10-14,16H2,1-2H3,(H,23,27). The molecule has 1 aromatic carbocycles. The molecule has 1 aliphatic heterocycles. The molecule has 0 bridgehead atoms. The summed E-state index contributed by atoms with van der Waals surface area (Å²) < 4.78 is 29.0. The molecule has 0 radical (unpaired) electrons. The Morgan fingerprint density at radius 2 is 1.81 bits per heavy atom. The number of nitrogens with one attached hydrogen (secondary N) is 1. The predicted molar refractivity (Wildman–Crippen MR) is 120 cm³/mol. The van der Waals surface area contributed by atoms with Gasteiger partial charge in [-0.2, -0.15) is 0 Å². The van der Waals surface area contributed by atoms with Gasteiger partial charge in [-0.1, -0.05) is 24.3 Å². The van der Waals surface area contributed by atoms with Crippen molar-refractivity contribution in [1.82, 2.24) is 14.9 Å². The Kier molecular flexibility index (Phi) is 7.50. The van der Waals surface area contributed by atoms with Crippen molar-refractivity contribution in [2.24, 2.45) is 0 Å². The number of pyridine rings is 1. The lowest BCUT2D eigenvalue weighted by molar-refractivity contribution is -0.131. The van der Waals surface area contributed by atoms with Gasteiger partial charge in [0.05, 0.1) is 13.2 Å². The highest BCUT2D eigenvalue weighted by molar-refractivity contribution is 7.92. The molecule has 1 saturated heterocycles. The smallest absolute Gasteiger partial charge is 0.264 e. The van der Waals surface area contributed by atoms with E-state index < -0.39 is 20.5 Å². The molecule has 1 unspecified atom stereocenters. The van der Waals surface area contributed by atoms with Gasteiger partial charge < -0.3 is 9.30 Å². The lowest BCUT2D eigenvalue weighted by atomic mass is 10.0. The zero-order valence-corrected chi connectivity index (χ0v) is 19.1. The lowest BCUT2D eigenvalue weighted by Gasteiger charge is -2.26. The van der Waals surface area contributed by atoms with Crippen LogP contribution in [-0.4, -0.2) is 66.3 Å². The van der Waals surface area contributed by atoms with Crippen LogP contribution in [0.4, 0.5) is 0 Å². The SMILES string of the molecule is CC(CCn1ccc(-c2ccc(CN3CCOCC3)cc2)cc1=O)(C(=O)NO)S(C)(=O)=O. The molecule has 1 atom stereocenters. The zero-order valence-electron chi connectivity index (χ0n) is 18.3. The first kappa shape index (κ1) is 24.1. The number of rotatable bonds is 8. The fraction of sp³-hybridized carbons (Fsp3) is 0.455. The van der Waals surface area contributed by atoms with Crippen molar-refractivity contribution in [3.05, 3.63) is 58.5 Å². The van der Waals surface area contributed by atoms with Gasteiger partial charge in [0.2, 0.25) is 0 Å². The highest BCUT2D eigenvalue weighted by Crippen LogP contribution is 2.23. The number of aromatic nitrogens is 1. The van der Waals surface area contributed by atoms with Crippen LogP contribution < -0.4 is 11.0 Å². The summed E-state index contributed by atoms with van der Waals surface area (Å²) in [6, 6.07) is 11.3. The van der Waals surface area contributed by atoms with Crippen molar-refractivity contribution in [3.8, 4) is 11.1 Å². The van der Waals surface area contributed by atoms with Gasteiger partial charge in [0, 0.05) is 44.7 Å². The van der Waals surface area contributed by atoms with Gasteiger partial charge in [0.1, 0.15) is 0 Å². The van der Waals surface area contributed by atoms with Crippen LogP contribution in [0, 0.1) is 0 Å². The summed E-state index contributed by atoms with van der Waals surface area (Å²) in [6.07, 6.45) is 2.35. The molecule has 0 aliphatic carbocycles. The van der Waals surface area contributed by atoms with E-state index in [1.807, 2.05) is 24.3 Å². The van der Waals surface area contributed by atoms with E-state index in [1.165, 1.54) is 28.6 Å². The average Bonchev–Trinajstić information content (AvgIpc) is 2.78. The van der Waals surface area contributed by atoms with Gasteiger partial charge >= 0.3 is 0 Å². The van der Waals surface area contributed by atoms with Crippen molar-refractivity contribution in [2.75, 3.05) is 32.6 Å². The van der Waals surface area contributed by atoms with Crippen LogP contribution in [0.25, 0.3) is 11.1 Å². The quantitative estimate of drug-likeness (QED) is 0.444. The molecule has 0 spiro atoms. The Balaban J connectivity index is 1.71. The van der Waals surface area contributed by atoms with Crippen molar-refractivity contribution in [3.63, 3.8) is 0 Å². The van der Waals surface area contributed by atoms with Gasteiger partial charge in [0.25, 0.3) is 11.5 Å². The van der Waals surface area contributed by atoms with Crippen LogP contribution in [0.15, 0.2) is 47.4 Å². The van der Waals surface area contributed by atoms with Crippen LogP contribution in [0.3, 0.4) is 0 Å². The molecule has 174 valence electrons. The largest absolute Gasteiger partial charge is 0.379 e. The average molecular weight is 464 g/mol. The lowest BCUT2D eigenvalue weighted by Crippen LogP contribution is -2.49. The molecule has 1 fully saturated rings. The Morgan fingerprint density at radius 3 is 2.38 bits per heavy atom. The number of carbonyl (C=O) groups excluding carboxylic acids is 1. The van der Waals surface area contributed by atoms with E-state index in [1.54, 1.807) is 12.3 Å². The Hall–Kier alpha value is -2.53. The van der Waals surface area contributed by atoms with Crippen molar-refractivity contribution in [2.45, 2.75) is 31.2 Å². The monoisotopic (exact) mass is 463 g/mol. The number of ether oxygens (including phenoxy) is 1. The molecule has 9 nitrogen and oxygen atoms in total. The number of benzene rings is 1. The maximum absolute atomic E-state index is 12.6. The number of hydrogen-bond donors (Lipinski definition) is 2. The fourth-order valence-electron chi connectivity index (χ4n) is 3.61. The van der Waals surface area contributed by atoms with Gasteiger partial charge in [-0.05, 0) is 36.1 Å². The molecular weight excluding hydrogens is 434 g/mol. The van der Waals surface area contributed by atoms with E-state index in [4.69, 9.17) is 9.94 Å². The third-order valence-electron chi connectivity index (χ3n) is 6.02. The minimum absolute atomic E-state index is 0.00852. The number of carbonyl (C=O) groups is 1. The number of amides is 1. The number of morpholine rings is 1. The van der Waals surface area contributed by atoms with Gasteiger partial charge in [-0.25, -0.2) is 13.9 Å². The van der Waals surface area contributed by atoms with Crippen molar-refractivity contribution >= 4 is 15.7 Å². The van der Waals surface area contributed by atoms with Crippen LogP contribution >= 0.6 is 0 Å². The van der Waals surface area contributed by atoms with E-state index in [0.29, 0.717) is 0 Å². The van der Waals surface area contributed by atoms with E-state index in [-0.39, 0.29) is 18.5 Å². The maximum Gasteiger partial charge on any atom is 0.264 e. The van der Waals surface area contributed by atoms with Crippen LogP contribution in [-0.2, 0) is 32.5 Å². The fourth-order valence-corrected chi connectivity index (χ4v) is 4.46. The number of hydroxylamine groups is 1. The molecule has 1 aromatic heterocycles. The van der Waals surface area contributed by atoms with Crippen molar-refractivity contribution in [1.29, 1.82) is 0 Å². The molecule has 1 amide bonds. The summed E-state index contributed by atoms with van der Waals surface area (Å²) in [6.45, 7) is 5.42. The first-order chi connectivity index (χ1) is 15.1. The van der Waals surface area contributed by atoms with Gasteiger partial charge in [-0.15, -0.1) is 0 Å². The topological polar surface area (TPSA) is 118 Å². The normalized spacial score (nSPS) is 17.0. The Bertz CT molecular complexity index is 1110. The third-order valence-corrected chi connectivity index (χ3v) is 8.05. The summed E-state index contributed by atoms with van der Waals surface area (Å²) in [4.78, 5) is 26.9. The minimum atomic E-state index is -3.82. The van der Waals surface area contributed by atoms with Crippen molar-refractivity contribution < 1.29 is 23.2 Å². The van der Waals surface area contributed by atoms with Gasteiger partial charge in [0.15, 0.2) is 14.6 Å². The molecule has 2 aromatic rings. The Morgan fingerprint density at radius 1 is 1.16 bits per heavy atom. The number of sulfone groups is 1.